The molecule has 0 aliphatic carbocycles. The van der Waals surface area contributed by atoms with E-state index in [0.717, 1.165) is 25.2 Å². The first-order chi connectivity index (χ1) is 10.4. The molecule has 2 atom stereocenters. The lowest BCUT2D eigenvalue weighted by Crippen LogP contribution is -2.63. The van der Waals surface area contributed by atoms with Gasteiger partial charge in [0.05, 0.1) is 12.6 Å². The molecule has 4 heterocycles. The van der Waals surface area contributed by atoms with Crippen molar-refractivity contribution >= 4 is 0 Å². The molecule has 5 rings (SSSR count). The number of hydrogen-bond acceptors (Lipinski definition) is 4. The van der Waals surface area contributed by atoms with Gasteiger partial charge in [0.25, 0.3) is 0 Å². The van der Waals surface area contributed by atoms with Gasteiger partial charge in [0.1, 0.15) is 5.75 Å². The molecular formula is C17H25N3O. The third-order valence-corrected chi connectivity index (χ3v) is 5.32. The van der Waals surface area contributed by atoms with Gasteiger partial charge in [-0.05, 0) is 25.5 Å². The number of likely N-dealkylation sites (N-methyl/N-ethyl adjacent to an activating group) is 1. The van der Waals surface area contributed by atoms with Crippen LogP contribution < -0.4 is 10.1 Å². The Hall–Kier alpha value is -1.10. The fourth-order valence-corrected chi connectivity index (χ4v) is 4.19. The van der Waals surface area contributed by atoms with Gasteiger partial charge in [0.2, 0.25) is 0 Å². The van der Waals surface area contributed by atoms with Crippen LogP contribution >= 0.6 is 0 Å². The molecule has 1 N–H and O–H groups in total. The summed E-state index contributed by atoms with van der Waals surface area (Å²) in [6.45, 7) is 6.92. The number of benzene rings is 1. The molecule has 114 valence electrons. The maximum atomic E-state index is 6.04. The summed E-state index contributed by atoms with van der Waals surface area (Å²) in [5.41, 5.74) is 2.74. The van der Waals surface area contributed by atoms with E-state index >= 15 is 0 Å². The number of fused-ring (bicyclic) bond motifs is 4. The zero-order valence-corrected chi connectivity index (χ0v) is 12.8. The van der Waals surface area contributed by atoms with E-state index in [9.17, 15) is 0 Å². The summed E-state index contributed by atoms with van der Waals surface area (Å²) in [6, 6.07) is 7.60. The summed E-state index contributed by atoms with van der Waals surface area (Å²) in [5.74, 6) is 1.15. The predicted octanol–water partition coefficient (Wildman–Crippen LogP) is 1.27. The number of para-hydroxylation sites is 1. The Morgan fingerprint density at radius 3 is 2.81 bits per heavy atom. The Morgan fingerprint density at radius 1 is 1.24 bits per heavy atom. The molecule has 3 saturated heterocycles. The third-order valence-electron chi connectivity index (χ3n) is 5.32. The second kappa shape index (κ2) is 5.59. The van der Waals surface area contributed by atoms with Crippen LogP contribution in [-0.2, 0) is 6.42 Å². The van der Waals surface area contributed by atoms with Crippen molar-refractivity contribution < 1.29 is 4.74 Å². The third kappa shape index (κ3) is 2.35. The molecule has 4 nitrogen and oxygen atoms in total. The van der Waals surface area contributed by atoms with E-state index in [1.807, 2.05) is 0 Å². The van der Waals surface area contributed by atoms with E-state index in [1.165, 1.54) is 43.9 Å². The monoisotopic (exact) mass is 287 g/mol. The molecule has 3 fully saturated rings. The van der Waals surface area contributed by atoms with Gasteiger partial charge in [-0.15, -0.1) is 0 Å². The fourth-order valence-electron chi connectivity index (χ4n) is 4.19. The summed E-state index contributed by atoms with van der Waals surface area (Å²) in [5, 5.41) is 3.57. The number of ether oxygens (including phenoxy) is 1. The van der Waals surface area contributed by atoms with E-state index in [4.69, 9.17) is 4.74 Å². The molecule has 4 heteroatoms. The Labute approximate surface area is 127 Å². The molecule has 2 unspecified atom stereocenters. The fraction of sp³-hybridized carbons (Fsp3) is 0.647. The van der Waals surface area contributed by atoms with Crippen LogP contribution in [0.3, 0.4) is 0 Å². The normalized spacial score (nSPS) is 32.3. The number of nitrogens with zero attached hydrogens (tertiary/aromatic N) is 2. The molecule has 4 aliphatic rings. The number of hydrogen-bond donors (Lipinski definition) is 1. The molecule has 0 amide bonds. The Kier molecular flexibility index (Phi) is 3.61. The first kappa shape index (κ1) is 13.6. The maximum Gasteiger partial charge on any atom is 0.127 e. The number of piperazine rings is 3. The zero-order valence-electron chi connectivity index (χ0n) is 12.8. The van der Waals surface area contributed by atoms with Crippen LogP contribution in [0.4, 0.5) is 0 Å². The van der Waals surface area contributed by atoms with Gasteiger partial charge in [0, 0.05) is 44.3 Å². The smallest absolute Gasteiger partial charge is 0.127 e. The minimum Gasteiger partial charge on any atom is -0.493 e. The van der Waals surface area contributed by atoms with Gasteiger partial charge in [-0.3, -0.25) is 9.80 Å². The number of aryl methyl sites for hydroxylation is 1. The highest BCUT2D eigenvalue weighted by Crippen LogP contribution is 2.36. The van der Waals surface area contributed by atoms with E-state index in [0.29, 0.717) is 12.1 Å². The van der Waals surface area contributed by atoms with Crippen molar-refractivity contribution in [2.45, 2.75) is 24.9 Å². The minimum atomic E-state index is 0.362. The molecule has 0 radical (unpaired) electrons. The van der Waals surface area contributed by atoms with E-state index < -0.39 is 0 Å². The highest BCUT2D eigenvalue weighted by Gasteiger charge is 2.38. The standard InChI is InChI=1S/C17H25N3O/c1-18-16(15-12-19-7-9-20(15)10-8-19)14-6-2-4-13-5-3-11-21-17(13)14/h2,4,6,15-16,18H,3,5,7-12H2,1H3. The van der Waals surface area contributed by atoms with Crippen molar-refractivity contribution in [2.75, 3.05) is 46.4 Å². The predicted molar refractivity (Wildman–Crippen MR) is 83.9 cm³/mol. The largest absolute Gasteiger partial charge is 0.493 e. The Bertz CT molecular complexity index is 511. The lowest BCUT2D eigenvalue weighted by atomic mass is 9.91. The van der Waals surface area contributed by atoms with Crippen molar-refractivity contribution in [1.82, 2.24) is 15.1 Å². The number of rotatable bonds is 3. The average molecular weight is 287 g/mol. The molecule has 4 aliphatic heterocycles. The summed E-state index contributed by atoms with van der Waals surface area (Å²) in [4.78, 5) is 5.26. The zero-order chi connectivity index (χ0) is 14.2. The SMILES string of the molecule is CNC(c1cccc2c1OCCC2)C1CN2CCN1CC2. The second-order valence-corrected chi connectivity index (χ2v) is 6.46. The van der Waals surface area contributed by atoms with Gasteiger partial charge in [-0.1, -0.05) is 18.2 Å². The molecule has 0 aromatic heterocycles. The van der Waals surface area contributed by atoms with Crippen molar-refractivity contribution in [3.8, 4) is 5.75 Å². The van der Waals surface area contributed by atoms with Crippen LogP contribution in [0.1, 0.15) is 23.6 Å². The Morgan fingerprint density at radius 2 is 2.10 bits per heavy atom. The molecule has 0 saturated carbocycles. The summed E-state index contributed by atoms with van der Waals surface area (Å²) >= 11 is 0. The highest BCUT2D eigenvalue weighted by atomic mass is 16.5. The average Bonchev–Trinajstić information content (AvgIpc) is 2.57. The van der Waals surface area contributed by atoms with E-state index in [-0.39, 0.29) is 0 Å². The van der Waals surface area contributed by atoms with Crippen molar-refractivity contribution in [3.05, 3.63) is 29.3 Å². The number of nitrogens with one attached hydrogen (secondary N) is 1. The van der Waals surface area contributed by atoms with Crippen molar-refractivity contribution in [2.24, 2.45) is 0 Å². The topological polar surface area (TPSA) is 27.7 Å². The lowest BCUT2D eigenvalue weighted by molar-refractivity contribution is -0.00299. The van der Waals surface area contributed by atoms with E-state index in [1.54, 1.807) is 0 Å². The summed E-state index contributed by atoms with van der Waals surface area (Å²) in [7, 11) is 2.09. The van der Waals surface area contributed by atoms with Crippen molar-refractivity contribution in [3.63, 3.8) is 0 Å². The van der Waals surface area contributed by atoms with Crippen LogP contribution in [0.25, 0.3) is 0 Å². The van der Waals surface area contributed by atoms with Crippen molar-refractivity contribution in [1.29, 1.82) is 0 Å². The molecule has 1 aromatic rings. The molecule has 21 heavy (non-hydrogen) atoms. The van der Waals surface area contributed by atoms with Gasteiger partial charge in [-0.2, -0.15) is 0 Å². The highest BCUT2D eigenvalue weighted by molar-refractivity contribution is 5.45. The van der Waals surface area contributed by atoms with Crippen LogP contribution in [0.5, 0.6) is 5.75 Å². The second-order valence-electron chi connectivity index (χ2n) is 6.46. The first-order valence-electron chi connectivity index (χ1n) is 8.25. The van der Waals surface area contributed by atoms with Gasteiger partial charge in [-0.25, -0.2) is 0 Å². The molecular weight excluding hydrogens is 262 g/mol. The molecule has 2 bridgehead atoms. The van der Waals surface area contributed by atoms with Gasteiger partial charge >= 0.3 is 0 Å². The summed E-state index contributed by atoms with van der Waals surface area (Å²) in [6.07, 6.45) is 2.30. The summed E-state index contributed by atoms with van der Waals surface area (Å²) < 4.78 is 6.04. The van der Waals surface area contributed by atoms with Gasteiger partial charge < -0.3 is 10.1 Å². The maximum absolute atomic E-state index is 6.04. The van der Waals surface area contributed by atoms with Crippen LogP contribution in [0.2, 0.25) is 0 Å². The lowest BCUT2D eigenvalue weighted by Gasteiger charge is -2.50. The quantitative estimate of drug-likeness (QED) is 0.906. The minimum absolute atomic E-state index is 0.362. The van der Waals surface area contributed by atoms with E-state index in [2.05, 4.69) is 40.4 Å². The van der Waals surface area contributed by atoms with Gasteiger partial charge in [0.15, 0.2) is 0 Å². The molecule has 0 spiro atoms. The molecule has 1 aromatic carbocycles. The van der Waals surface area contributed by atoms with Crippen LogP contribution in [0.15, 0.2) is 18.2 Å². The Balaban J connectivity index is 1.67. The van der Waals surface area contributed by atoms with Crippen LogP contribution in [0, 0.1) is 0 Å². The first-order valence-corrected chi connectivity index (χ1v) is 8.25. The van der Waals surface area contributed by atoms with Crippen LogP contribution in [-0.4, -0.2) is 62.2 Å².